The molecule has 0 fully saturated rings. The van der Waals surface area contributed by atoms with Crippen LogP contribution in [0.5, 0.6) is 5.75 Å². The van der Waals surface area contributed by atoms with Gasteiger partial charge in [-0.25, -0.2) is 0 Å². The zero-order valence-electron chi connectivity index (χ0n) is 13.1. The highest BCUT2D eigenvalue weighted by Crippen LogP contribution is 2.21. The van der Waals surface area contributed by atoms with Crippen LogP contribution in [0.3, 0.4) is 0 Å². The van der Waals surface area contributed by atoms with Crippen molar-refractivity contribution >= 4 is 17.4 Å². The van der Waals surface area contributed by atoms with Crippen molar-refractivity contribution in [2.24, 2.45) is 0 Å². The van der Waals surface area contributed by atoms with Gasteiger partial charge in [-0.05, 0) is 57.2 Å². The van der Waals surface area contributed by atoms with Crippen LogP contribution in [-0.4, -0.2) is 22.5 Å². The highest BCUT2D eigenvalue weighted by Gasteiger charge is 2.15. The summed E-state index contributed by atoms with van der Waals surface area (Å²) in [7, 11) is -1.61. The molecular weight excluding hydrogens is 268 g/mol. The summed E-state index contributed by atoms with van der Waals surface area (Å²) in [5.41, 5.74) is 1.87. The van der Waals surface area contributed by atoms with Gasteiger partial charge in [0.2, 0.25) is 0 Å². The van der Waals surface area contributed by atoms with E-state index in [1.54, 1.807) is 6.08 Å². The van der Waals surface area contributed by atoms with Gasteiger partial charge in [0.25, 0.3) is 0 Å². The number of hydrogen-bond acceptors (Lipinski definition) is 2. The van der Waals surface area contributed by atoms with Crippen LogP contribution in [0.1, 0.15) is 11.1 Å². The molecule has 0 spiro atoms. The third kappa shape index (κ3) is 8.80. The molecule has 0 aromatic heterocycles. The van der Waals surface area contributed by atoms with Gasteiger partial charge in [0.05, 0.1) is 0 Å². The molecule has 0 heterocycles. The number of phenols is 1. The Morgan fingerprint density at radius 1 is 1.32 bits per heavy atom. The van der Waals surface area contributed by atoms with Gasteiger partial charge in [0, 0.05) is 0 Å². The van der Waals surface area contributed by atoms with E-state index in [9.17, 15) is 5.11 Å². The predicted molar refractivity (Wildman–Crippen MR) is 88.7 cm³/mol. The van der Waals surface area contributed by atoms with Gasteiger partial charge >= 0.3 is 0 Å². The Morgan fingerprint density at radius 2 is 1.89 bits per heavy atom. The van der Waals surface area contributed by atoms with E-state index in [0.29, 0.717) is 5.75 Å². The Bertz CT molecular complexity index is 396. The van der Waals surface area contributed by atoms with Crippen molar-refractivity contribution in [3.63, 3.8) is 0 Å². The summed E-state index contributed by atoms with van der Waals surface area (Å²) in [5, 5.41) is 9.48. The number of aryl methyl sites for hydroxylation is 1. The van der Waals surface area contributed by atoms with Crippen LogP contribution in [0, 0.1) is 6.92 Å². The Balaban J connectivity index is 0.000000362. The molecule has 0 aliphatic carbocycles. The summed E-state index contributed by atoms with van der Waals surface area (Å²) >= 11 is 0. The molecule has 1 aromatic carbocycles. The molecule has 0 atom stereocenters. The van der Waals surface area contributed by atoms with Crippen LogP contribution in [0.15, 0.2) is 30.9 Å². The number of allylic oxidation sites excluding steroid dienone is 1. The van der Waals surface area contributed by atoms with Crippen molar-refractivity contribution in [2.45, 2.75) is 46.1 Å². The summed E-state index contributed by atoms with van der Waals surface area (Å²) in [6.07, 6.45) is 2.52. The van der Waals surface area contributed by atoms with E-state index in [1.807, 2.05) is 25.1 Å². The Kier molecular flexibility index (Phi) is 7.98. The first-order valence-corrected chi connectivity index (χ1v) is 12.4. The van der Waals surface area contributed by atoms with Crippen LogP contribution in [0.25, 0.3) is 0 Å². The maximum Gasteiger partial charge on any atom is 0.191 e. The fourth-order valence-electron chi connectivity index (χ4n) is 1.65. The standard InChI is InChI=1S/C10H12O.C5H15OSi2/c1-3-5-9-7-4-6-8(2)10(9)11;1-7(2)6-8(3,4)5/h3-4,6-7,11H,1,5H2,2H3;1-5H3. The highest BCUT2D eigenvalue weighted by molar-refractivity contribution is 6.76. The lowest BCUT2D eigenvalue weighted by molar-refractivity contribution is 0.465. The van der Waals surface area contributed by atoms with E-state index in [1.165, 1.54) is 0 Å². The summed E-state index contributed by atoms with van der Waals surface area (Å²) < 4.78 is 5.68. The average molecular weight is 296 g/mol. The minimum absolute atomic E-state index is 0.396. The predicted octanol–water partition coefficient (Wildman–Crippen LogP) is 4.52. The molecule has 0 amide bonds. The second-order valence-corrected chi connectivity index (χ2v) is 12.6. The van der Waals surface area contributed by atoms with Crippen LogP contribution in [-0.2, 0) is 10.5 Å². The van der Waals surface area contributed by atoms with Gasteiger partial charge in [-0.2, -0.15) is 0 Å². The molecule has 0 aliphatic rings. The molecule has 0 saturated heterocycles. The molecule has 0 aliphatic heterocycles. The highest BCUT2D eigenvalue weighted by atomic mass is 28.4. The normalized spacial score (nSPS) is 10.9. The summed E-state index contributed by atoms with van der Waals surface area (Å²) in [6, 6.07) is 5.74. The smallest absolute Gasteiger partial charge is 0.191 e. The van der Waals surface area contributed by atoms with Crippen LogP contribution in [0.2, 0.25) is 32.7 Å². The Morgan fingerprint density at radius 3 is 2.26 bits per heavy atom. The van der Waals surface area contributed by atoms with Crippen molar-refractivity contribution in [1.29, 1.82) is 0 Å². The summed E-state index contributed by atoms with van der Waals surface area (Å²) in [5.74, 6) is 0.396. The number of hydrogen-bond donors (Lipinski definition) is 1. The lowest BCUT2D eigenvalue weighted by Gasteiger charge is -2.19. The second-order valence-electron chi connectivity index (χ2n) is 5.70. The maximum absolute atomic E-state index is 9.48. The van der Waals surface area contributed by atoms with Gasteiger partial charge < -0.3 is 9.22 Å². The molecule has 0 unspecified atom stereocenters. The van der Waals surface area contributed by atoms with E-state index in [0.717, 1.165) is 17.5 Å². The van der Waals surface area contributed by atoms with Crippen LogP contribution >= 0.6 is 0 Å². The molecule has 0 saturated carbocycles. The molecule has 19 heavy (non-hydrogen) atoms. The number of rotatable bonds is 4. The van der Waals surface area contributed by atoms with Crippen LogP contribution in [0.4, 0.5) is 0 Å². The van der Waals surface area contributed by atoms with Crippen molar-refractivity contribution in [3.8, 4) is 5.75 Å². The third-order valence-electron chi connectivity index (χ3n) is 2.20. The fourth-order valence-corrected chi connectivity index (χ4v) is 6.55. The molecule has 1 rings (SSSR count). The monoisotopic (exact) mass is 295 g/mol. The number of benzene rings is 1. The quantitative estimate of drug-likeness (QED) is 0.654. The fraction of sp³-hybridized carbons (Fsp3) is 0.467. The van der Waals surface area contributed by atoms with E-state index >= 15 is 0 Å². The molecule has 2 nitrogen and oxygen atoms in total. The van der Waals surface area contributed by atoms with E-state index in [4.69, 9.17) is 4.12 Å². The first kappa shape index (κ1) is 18.2. The first-order chi connectivity index (χ1) is 8.67. The van der Waals surface area contributed by atoms with E-state index in [-0.39, 0.29) is 0 Å². The largest absolute Gasteiger partial charge is 0.507 e. The minimum atomic E-state index is -1.18. The number of phenolic OH excluding ortho intramolecular Hbond substituents is 1. The van der Waals surface area contributed by atoms with Gasteiger partial charge in [0.15, 0.2) is 17.4 Å². The van der Waals surface area contributed by atoms with Gasteiger partial charge in [-0.3, -0.25) is 0 Å². The average Bonchev–Trinajstić information content (AvgIpc) is 2.22. The SMILES string of the molecule is C=CCc1cccc(C)c1O.C[Si](C)O[Si](C)(C)C. The molecular formula is C15H27O2Si2. The maximum atomic E-state index is 9.48. The number of aromatic hydroxyl groups is 1. The topological polar surface area (TPSA) is 29.5 Å². The Hall–Kier alpha value is -0.846. The minimum Gasteiger partial charge on any atom is -0.507 e. The molecule has 4 heteroatoms. The van der Waals surface area contributed by atoms with Crippen molar-refractivity contribution in [1.82, 2.24) is 0 Å². The zero-order valence-corrected chi connectivity index (χ0v) is 15.1. The molecule has 1 radical (unpaired) electrons. The van der Waals surface area contributed by atoms with Gasteiger partial charge in [0.1, 0.15) is 5.75 Å². The summed E-state index contributed by atoms with van der Waals surface area (Å²) in [4.78, 5) is 0. The van der Waals surface area contributed by atoms with Crippen molar-refractivity contribution in [2.75, 3.05) is 0 Å². The zero-order chi connectivity index (χ0) is 15.1. The number of para-hydroxylation sites is 1. The first-order valence-electron chi connectivity index (χ1n) is 6.55. The van der Waals surface area contributed by atoms with E-state index < -0.39 is 17.4 Å². The van der Waals surface area contributed by atoms with Crippen molar-refractivity contribution < 1.29 is 9.22 Å². The lowest BCUT2D eigenvalue weighted by atomic mass is 10.1. The lowest BCUT2D eigenvalue weighted by Crippen LogP contribution is -2.31. The molecule has 1 aromatic rings. The van der Waals surface area contributed by atoms with Gasteiger partial charge in [-0.15, -0.1) is 6.58 Å². The molecule has 107 valence electrons. The molecule has 0 bridgehead atoms. The summed E-state index contributed by atoms with van der Waals surface area (Å²) in [6.45, 7) is 16.6. The van der Waals surface area contributed by atoms with Crippen LogP contribution < -0.4 is 0 Å². The van der Waals surface area contributed by atoms with E-state index in [2.05, 4.69) is 39.3 Å². The van der Waals surface area contributed by atoms with Crippen molar-refractivity contribution in [3.05, 3.63) is 42.0 Å². The Labute approximate surface area is 121 Å². The second kappa shape index (κ2) is 8.35. The molecule has 1 N–H and O–H groups in total. The third-order valence-corrected chi connectivity index (χ3v) is 6.28. The van der Waals surface area contributed by atoms with Gasteiger partial charge in [-0.1, -0.05) is 24.3 Å².